The van der Waals surface area contributed by atoms with Gasteiger partial charge in [-0.2, -0.15) is 0 Å². The molecule has 0 aromatic rings. The van der Waals surface area contributed by atoms with Crippen LogP contribution >= 0.6 is 0 Å². The SMILES string of the molecule is CCNCC1CCCN(CCS(=O)(=O)C(C)(C)C)C1. The second-order valence-electron chi connectivity index (χ2n) is 6.55. The fourth-order valence-electron chi connectivity index (χ4n) is 2.42. The van der Waals surface area contributed by atoms with Crippen molar-refractivity contribution in [2.75, 3.05) is 38.5 Å². The molecule has 1 N–H and O–H groups in total. The lowest BCUT2D eigenvalue weighted by molar-refractivity contribution is 0.181. The van der Waals surface area contributed by atoms with Crippen LogP contribution in [0.15, 0.2) is 0 Å². The fourth-order valence-corrected chi connectivity index (χ4v) is 3.54. The normalized spacial score (nSPS) is 22.6. The zero-order chi connectivity index (χ0) is 14.5. The Morgan fingerprint density at radius 2 is 2.00 bits per heavy atom. The van der Waals surface area contributed by atoms with Gasteiger partial charge in [-0.3, -0.25) is 0 Å². The van der Waals surface area contributed by atoms with Gasteiger partial charge in [0.05, 0.1) is 10.5 Å². The average molecular weight is 290 g/mol. The average Bonchev–Trinajstić information content (AvgIpc) is 2.33. The Balaban J connectivity index is 2.41. The number of nitrogens with one attached hydrogen (secondary N) is 1. The highest BCUT2D eigenvalue weighted by Crippen LogP contribution is 2.19. The van der Waals surface area contributed by atoms with Crippen molar-refractivity contribution in [2.24, 2.45) is 5.92 Å². The molecular weight excluding hydrogens is 260 g/mol. The first-order valence-corrected chi connectivity index (χ1v) is 9.07. The third-order valence-corrected chi connectivity index (χ3v) is 6.48. The highest BCUT2D eigenvalue weighted by molar-refractivity contribution is 7.92. The van der Waals surface area contributed by atoms with E-state index in [1.54, 1.807) is 20.8 Å². The molecule has 0 aromatic carbocycles. The summed E-state index contributed by atoms with van der Waals surface area (Å²) in [5.41, 5.74) is 0. The van der Waals surface area contributed by atoms with Gasteiger partial charge in [-0.05, 0) is 59.2 Å². The first-order valence-electron chi connectivity index (χ1n) is 7.41. The first-order chi connectivity index (χ1) is 8.76. The van der Waals surface area contributed by atoms with Crippen molar-refractivity contribution in [3.8, 4) is 0 Å². The lowest BCUT2D eigenvalue weighted by Crippen LogP contribution is -2.43. The molecule has 0 spiro atoms. The van der Waals surface area contributed by atoms with Gasteiger partial charge in [0.25, 0.3) is 0 Å². The molecule has 0 amide bonds. The molecule has 0 bridgehead atoms. The number of nitrogens with zero attached hydrogens (tertiary/aromatic N) is 1. The molecule has 1 unspecified atom stereocenters. The molecule has 1 atom stereocenters. The monoisotopic (exact) mass is 290 g/mol. The number of rotatable bonds is 6. The van der Waals surface area contributed by atoms with Crippen LogP contribution in [0.5, 0.6) is 0 Å². The molecule has 1 rings (SSSR count). The van der Waals surface area contributed by atoms with Gasteiger partial charge in [0, 0.05) is 13.1 Å². The summed E-state index contributed by atoms with van der Waals surface area (Å²) in [7, 11) is -2.99. The van der Waals surface area contributed by atoms with Crippen LogP contribution in [0, 0.1) is 5.92 Å². The smallest absolute Gasteiger partial charge is 0.156 e. The summed E-state index contributed by atoms with van der Waals surface area (Å²) < 4.78 is 23.6. The van der Waals surface area contributed by atoms with E-state index in [4.69, 9.17) is 0 Å². The molecule has 0 radical (unpaired) electrons. The van der Waals surface area contributed by atoms with Crippen LogP contribution < -0.4 is 5.32 Å². The summed E-state index contributed by atoms with van der Waals surface area (Å²) in [4.78, 5) is 2.31. The van der Waals surface area contributed by atoms with E-state index in [-0.39, 0.29) is 5.75 Å². The van der Waals surface area contributed by atoms with Crippen molar-refractivity contribution in [2.45, 2.75) is 45.3 Å². The molecule has 1 aliphatic rings. The molecular formula is C14H30N2O2S. The second-order valence-corrected chi connectivity index (χ2v) is 9.41. The Morgan fingerprint density at radius 1 is 1.32 bits per heavy atom. The Morgan fingerprint density at radius 3 is 2.58 bits per heavy atom. The lowest BCUT2D eigenvalue weighted by Gasteiger charge is -2.33. The van der Waals surface area contributed by atoms with Crippen LogP contribution in [-0.2, 0) is 9.84 Å². The zero-order valence-electron chi connectivity index (χ0n) is 12.9. The van der Waals surface area contributed by atoms with Crippen LogP contribution in [-0.4, -0.2) is 56.5 Å². The summed E-state index contributed by atoms with van der Waals surface area (Å²) in [5, 5.41) is 3.39. The Hall–Kier alpha value is -0.130. The number of piperidine rings is 1. The maximum atomic E-state index is 12.1. The largest absolute Gasteiger partial charge is 0.317 e. The molecule has 5 heteroatoms. The zero-order valence-corrected chi connectivity index (χ0v) is 13.7. The molecule has 0 saturated carbocycles. The fraction of sp³-hybridized carbons (Fsp3) is 1.00. The summed E-state index contributed by atoms with van der Waals surface area (Å²) in [6.07, 6.45) is 2.45. The van der Waals surface area contributed by atoms with E-state index in [0.717, 1.165) is 26.2 Å². The van der Waals surface area contributed by atoms with E-state index in [2.05, 4.69) is 17.1 Å². The molecule has 1 saturated heterocycles. The molecule has 114 valence electrons. The van der Waals surface area contributed by atoms with Gasteiger partial charge in [0.15, 0.2) is 9.84 Å². The van der Waals surface area contributed by atoms with Crippen LogP contribution in [0.3, 0.4) is 0 Å². The van der Waals surface area contributed by atoms with Crippen LogP contribution in [0.1, 0.15) is 40.5 Å². The summed E-state index contributed by atoms with van der Waals surface area (Å²) in [6, 6.07) is 0. The van der Waals surface area contributed by atoms with Gasteiger partial charge in [-0.15, -0.1) is 0 Å². The van der Waals surface area contributed by atoms with E-state index in [9.17, 15) is 8.42 Å². The van der Waals surface area contributed by atoms with Crippen molar-refractivity contribution in [1.82, 2.24) is 10.2 Å². The lowest BCUT2D eigenvalue weighted by atomic mass is 9.98. The molecule has 1 aliphatic heterocycles. The number of likely N-dealkylation sites (tertiary alicyclic amines) is 1. The Bertz CT molecular complexity index is 360. The van der Waals surface area contributed by atoms with Crippen LogP contribution in [0.2, 0.25) is 0 Å². The third-order valence-electron chi connectivity index (χ3n) is 3.90. The topological polar surface area (TPSA) is 49.4 Å². The third kappa shape index (κ3) is 5.40. The van der Waals surface area contributed by atoms with E-state index < -0.39 is 14.6 Å². The molecule has 1 heterocycles. The van der Waals surface area contributed by atoms with Gasteiger partial charge < -0.3 is 10.2 Å². The predicted molar refractivity (Wildman–Crippen MR) is 81.2 cm³/mol. The van der Waals surface area contributed by atoms with Crippen molar-refractivity contribution < 1.29 is 8.42 Å². The summed E-state index contributed by atoms with van der Waals surface area (Å²) >= 11 is 0. The van der Waals surface area contributed by atoms with Gasteiger partial charge in [-0.1, -0.05) is 6.92 Å². The number of hydrogen-bond donors (Lipinski definition) is 1. The predicted octanol–water partition coefficient (Wildman–Crippen LogP) is 1.52. The van der Waals surface area contributed by atoms with Crippen molar-refractivity contribution in [1.29, 1.82) is 0 Å². The number of sulfone groups is 1. The van der Waals surface area contributed by atoms with Gasteiger partial charge >= 0.3 is 0 Å². The highest BCUT2D eigenvalue weighted by atomic mass is 32.2. The standard InChI is InChI=1S/C14H30N2O2S/c1-5-15-11-13-7-6-8-16(12-13)9-10-19(17,18)14(2,3)4/h13,15H,5-12H2,1-4H3. The van der Waals surface area contributed by atoms with E-state index in [1.807, 2.05) is 0 Å². The summed E-state index contributed by atoms with van der Waals surface area (Å²) in [5.74, 6) is 0.954. The minimum atomic E-state index is -2.99. The molecule has 1 fully saturated rings. The van der Waals surface area contributed by atoms with Crippen LogP contribution in [0.4, 0.5) is 0 Å². The minimum absolute atomic E-state index is 0.282. The Labute approximate surface area is 118 Å². The molecule has 0 aromatic heterocycles. The quantitative estimate of drug-likeness (QED) is 0.806. The van der Waals surface area contributed by atoms with Gasteiger partial charge in [-0.25, -0.2) is 8.42 Å². The van der Waals surface area contributed by atoms with Crippen LogP contribution in [0.25, 0.3) is 0 Å². The first kappa shape index (κ1) is 16.9. The maximum absolute atomic E-state index is 12.1. The van der Waals surface area contributed by atoms with E-state index in [0.29, 0.717) is 12.5 Å². The highest BCUT2D eigenvalue weighted by Gasteiger charge is 2.29. The van der Waals surface area contributed by atoms with Gasteiger partial charge in [0.1, 0.15) is 0 Å². The molecule has 4 nitrogen and oxygen atoms in total. The van der Waals surface area contributed by atoms with E-state index in [1.165, 1.54) is 12.8 Å². The Kier molecular flexibility index (Phi) is 6.27. The second kappa shape index (κ2) is 7.04. The minimum Gasteiger partial charge on any atom is -0.317 e. The van der Waals surface area contributed by atoms with Crippen molar-refractivity contribution >= 4 is 9.84 Å². The summed E-state index contributed by atoms with van der Waals surface area (Å²) in [6.45, 7) is 12.3. The van der Waals surface area contributed by atoms with Crippen molar-refractivity contribution in [3.05, 3.63) is 0 Å². The maximum Gasteiger partial charge on any atom is 0.156 e. The van der Waals surface area contributed by atoms with Crippen molar-refractivity contribution in [3.63, 3.8) is 0 Å². The molecule has 19 heavy (non-hydrogen) atoms. The van der Waals surface area contributed by atoms with E-state index >= 15 is 0 Å². The number of hydrogen-bond acceptors (Lipinski definition) is 4. The molecule has 0 aliphatic carbocycles. The van der Waals surface area contributed by atoms with Gasteiger partial charge in [0.2, 0.25) is 0 Å².